The molecular weight excluding hydrogens is 258 g/mol. The van der Waals surface area contributed by atoms with Crippen LogP contribution in [0.25, 0.3) is 21.9 Å². The molecule has 0 saturated carbocycles. The van der Waals surface area contributed by atoms with E-state index in [0.29, 0.717) is 28.2 Å². The smallest absolute Gasteiger partial charge is 0.150 e. The molecule has 0 fully saturated rings. The first-order valence-corrected chi connectivity index (χ1v) is 6.13. The topological polar surface area (TPSA) is 17.1 Å². The van der Waals surface area contributed by atoms with Crippen LogP contribution in [0.4, 0.5) is 8.78 Å². The van der Waals surface area contributed by atoms with E-state index in [9.17, 15) is 13.6 Å². The van der Waals surface area contributed by atoms with Crippen LogP contribution in [-0.2, 0) is 0 Å². The Labute approximate surface area is 114 Å². The van der Waals surface area contributed by atoms with E-state index < -0.39 is 5.82 Å². The molecule has 1 nitrogen and oxygen atoms in total. The zero-order valence-corrected chi connectivity index (χ0v) is 10.4. The maximum Gasteiger partial charge on any atom is 0.150 e. The predicted octanol–water partition coefficient (Wildman–Crippen LogP) is 4.60. The summed E-state index contributed by atoms with van der Waals surface area (Å²) in [5.74, 6) is -0.833. The number of carbonyl (C=O) groups excluding carboxylic acids is 1. The molecule has 0 saturated heterocycles. The molecule has 3 heteroatoms. The largest absolute Gasteiger partial charge is 0.298 e. The van der Waals surface area contributed by atoms with Crippen molar-refractivity contribution in [2.24, 2.45) is 0 Å². The monoisotopic (exact) mass is 268 g/mol. The van der Waals surface area contributed by atoms with E-state index >= 15 is 0 Å². The summed E-state index contributed by atoms with van der Waals surface area (Å²) >= 11 is 0. The minimum absolute atomic E-state index is 0.276. The normalized spacial score (nSPS) is 10.7. The van der Waals surface area contributed by atoms with Gasteiger partial charge in [-0.25, -0.2) is 8.78 Å². The standard InChI is InChI=1S/C17H10F2O/c18-16-8-7-13(12-3-1-2-4-14(12)16)15-6-5-11(10-20)9-17(15)19/h1-10H. The molecular formula is C17H10F2O. The summed E-state index contributed by atoms with van der Waals surface area (Å²) in [5, 5.41) is 1.09. The number of aldehydes is 1. The Kier molecular flexibility index (Phi) is 3.03. The molecule has 20 heavy (non-hydrogen) atoms. The summed E-state index contributed by atoms with van der Waals surface area (Å²) in [7, 11) is 0. The lowest BCUT2D eigenvalue weighted by Crippen LogP contribution is -1.90. The molecule has 3 rings (SSSR count). The summed E-state index contributed by atoms with van der Waals surface area (Å²) in [6, 6.07) is 14.1. The zero-order valence-electron chi connectivity index (χ0n) is 10.4. The van der Waals surface area contributed by atoms with Crippen molar-refractivity contribution in [3.63, 3.8) is 0 Å². The lowest BCUT2D eigenvalue weighted by atomic mass is 9.97. The second kappa shape index (κ2) is 4.85. The Morgan fingerprint density at radius 3 is 2.15 bits per heavy atom. The predicted molar refractivity (Wildman–Crippen MR) is 74.7 cm³/mol. The number of hydrogen-bond donors (Lipinski definition) is 0. The summed E-state index contributed by atoms with van der Waals surface area (Å²) < 4.78 is 27.9. The van der Waals surface area contributed by atoms with Crippen molar-refractivity contribution in [1.82, 2.24) is 0 Å². The van der Waals surface area contributed by atoms with Crippen LogP contribution < -0.4 is 0 Å². The van der Waals surface area contributed by atoms with Crippen LogP contribution >= 0.6 is 0 Å². The average molecular weight is 268 g/mol. The van der Waals surface area contributed by atoms with Gasteiger partial charge in [0.25, 0.3) is 0 Å². The Bertz CT molecular complexity index is 809. The highest BCUT2D eigenvalue weighted by Crippen LogP contribution is 2.32. The van der Waals surface area contributed by atoms with Gasteiger partial charge in [0, 0.05) is 16.5 Å². The highest BCUT2D eigenvalue weighted by molar-refractivity contribution is 5.97. The molecule has 3 aromatic carbocycles. The molecule has 0 bridgehead atoms. The van der Waals surface area contributed by atoms with E-state index in [0.717, 1.165) is 0 Å². The minimum atomic E-state index is -0.494. The maximum atomic E-state index is 14.1. The fourth-order valence-corrected chi connectivity index (χ4v) is 2.32. The third-order valence-corrected chi connectivity index (χ3v) is 3.29. The maximum absolute atomic E-state index is 14.1. The number of carbonyl (C=O) groups is 1. The fraction of sp³-hybridized carbons (Fsp3) is 0. The van der Waals surface area contributed by atoms with Gasteiger partial charge in [0.2, 0.25) is 0 Å². The van der Waals surface area contributed by atoms with Gasteiger partial charge < -0.3 is 0 Å². The van der Waals surface area contributed by atoms with E-state index in [1.165, 1.54) is 12.1 Å². The number of benzene rings is 3. The summed E-state index contributed by atoms with van der Waals surface area (Å²) in [5.41, 5.74) is 1.24. The fourth-order valence-electron chi connectivity index (χ4n) is 2.32. The molecule has 0 heterocycles. The third-order valence-electron chi connectivity index (χ3n) is 3.29. The molecule has 0 unspecified atom stereocenters. The van der Waals surface area contributed by atoms with Gasteiger partial charge in [0.05, 0.1) is 0 Å². The SMILES string of the molecule is O=Cc1ccc(-c2ccc(F)c3ccccc23)c(F)c1. The van der Waals surface area contributed by atoms with Crippen LogP contribution in [-0.4, -0.2) is 6.29 Å². The lowest BCUT2D eigenvalue weighted by molar-refractivity contribution is 0.112. The minimum Gasteiger partial charge on any atom is -0.298 e. The quantitative estimate of drug-likeness (QED) is 0.621. The van der Waals surface area contributed by atoms with E-state index in [-0.39, 0.29) is 11.4 Å². The Morgan fingerprint density at radius 2 is 1.45 bits per heavy atom. The Morgan fingerprint density at radius 1 is 0.750 bits per heavy atom. The van der Waals surface area contributed by atoms with Crippen LogP contribution in [0.1, 0.15) is 10.4 Å². The number of halogens is 2. The molecule has 0 aromatic heterocycles. The van der Waals surface area contributed by atoms with Gasteiger partial charge in [0.1, 0.15) is 17.9 Å². The first kappa shape index (κ1) is 12.5. The number of fused-ring (bicyclic) bond motifs is 1. The molecule has 3 aromatic rings. The highest BCUT2D eigenvalue weighted by Gasteiger charge is 2.11. The number of hydrogen-bond acceptors (Lipinski definition) is 1. The Hall–Kier alpha value is -2.55. The van der Waals surface area contributed by atoms with Crippen LogP contribution in [0.5, 0.6) is 0 Å². The van der Waals surface area contributed by atoms with Crippen molar-refractivity contribution < 1.29 is 13.6 Å². The summed E-state index contributed by atoms with van der Waals surface area (Å²) in [6.45, 7) is 0. The molecule has 98 valence electrons. The zero-order chi connectivity index (χ0) is 14.1. The highest BCUT2D eigenvalue weighted by atomic mass is 19.1. The van der Waals surface area contributed by atoms with Gasteiger partial charge in [-0.15, -0.1) is 0 Å². The third kappa shape index (κ3) is 1.97. The molecule has 0 spiro atoms. The van der Waals surface area contributed by atoms with Gasteiger partial charge in [-0.3, -0.25) is 4.79 Å². The van der Waals surface area contributed by atoms with E-state index in [2.05, 4.69) is 0 Å². The van der Waals surface area contributed by atoms with Crippen LogP contribution in [0.3, 0.4) is 0 Å². The van der Waals surface area contributed by atoms with Crippen molar-refractivity contribution >= 4 is 17.1 Å². The second-order valence-corrected chi connectivity index (χ2v) is 4.50. The molecule has 0 atom stereocenters. The van der Waals surface area contributed by atoms with Crippen molar-refractivity contribution in [2.45, 2.75) is 0 Å². The molecule has 0 amide bonds. The number of rotatable bonds is 2. The van der Waals surface area contributed by atoms with Crippen molar-refractivity contribution in [3.05, 3.63) is 71.8 Å². The average Bonchev–Trinajstić information content (AvgIpc) is 2.48. The van der Waals surface area contributed by atoms with Crippen molar-refractivity contribution in [2.75, 3.05) is 0 Å². The molecule has 0 aliphatic rings. The Balaban J connectivity index is 2.30. The van der Waals surface area contributed by atoms with E-state index in [1.807, 2.05) is 0 Å². The lowest BCUT2D eigenvalue weighted by Gasteiger charge is -2.09. The van der Waals surface area contributed by atoms with Crippen molar-refractivity contribution in [3.8, 4) is 11.1 Å². The van der Waals surface area contributed by atoms with Crippen molar-refractivity contribution in [1.29, 1.82) is 0 Å². The van der Waals surface area contributed by atoms with Gasteiger partial charge in [0.15, 0.2) is 0 Å². The van der Waals surface area contributed by atoms with Gasteiger partial charge >= 0.3 is 0 Å². The van der Waals surface area contributed by atoms with Crippen LogP contribution in [0, 0.1) is 11.6 Å². The summed E-state index contributed by atoms with van der Waals surface area (Å²) in [6.07, 6.45) is 0.593. The second-order valence-electron chi connectivity index (χ2n) is 4.50. The molecule has 0 N–H and O–H groups in total. The van der Waals surface area contributed by atoms with E-state index in [1.54, 1.807) is 42.5 Å². The van der Waals surface area contributed by atoms with Crippen LogP contribution in [0.15, 0.2) is 54.6 Å². The summed E-state index contributed by atoms with van der Waals surface area (Å²) in [4.78, 5) is 10.6. The van der Waals surface area contributed by atoms with Gasteiger partial charge in [-0.2, -0.15) is 0 Å². The molecule has 0 radical (unpaired) electrons. The first-order valence-electron chi connectivity index (χ1n) is 6.13. The van der Waals surface area contributed by atoms with E-state index in [4.69, 9.17) is 0 Å². The molecule has 0 aliphatic carbocycles. The first-order chi connectivity index (χ1) is 9.70. The van der Waals surface area contributed by atoms with Gasteiger partial charge in [-0.1, -0.05) is 42.5 Å². The molecule has 0 aliphatic heterocycles. The van der Waals surface area contributed by atoms with Crippen LogP contribution in [0.2, 0.25) is 0 Å². The van der Waals surface area contributed by atoms with Gasteiger partial charge in [-0.05, 0) is 23.1 Å².